The van der Waals surface area contributed by atoms with Crippen LogP contribution < -0.4 is 10.1 Å². The van der Waals surface area contributed by atoms with Crippen molar-refractivity contribution in [3.63, 3.8) is 0 Å². The Bertz CT molecular complexity index is 928. The van der Waals surface area contributed by atoms with Crippen LogP contribution in [0, 0.1) is 0 Å². The Kier molecular flexibility index (Phi) is 5.47. The summed E-state index contributed by atoms with van der Waals surface area (Å²) in [7, 11) is 1.59. The van der Waals surface area contributed by atoms with Crippen molar-refractivity contribution in [3.8, 4) is 17.1 Å². The van der Waals surface area contributed by atoms with Crippen molar-refractivity contribution < 1.29 is 14.3 Å². The van der Waals surface area contributed by atoms with Gasteiger partial charge in [0, 0.05) is 16.7 Å². The fourth-order valence-corrected chi connectivity index (χ4v) is 2.56. The van der Waals surface area contributed by atoms with Gasteiger partial charge in [-0.25, -0.2) is 14.8 Å². The van der Waals surface area contributed by atoms with Crippen LogP contribution in [0.5, 0.6) is 5.75 Å². The number of H-pyrrole nitrogens is 1. The molecule has 0 saturated heterocycles. The van der Waals surface area contributed by atoms with Crippen molar-refractivity contribution >= 4 is 33.5 Å². The van der Waals surface area contributed by atoms with Gasteiger partial charge in [0.2, 0.25) is 5.95 Å². The summed E-state index contributed by atoms with van der Waals surface area (Å²) < 4.78 is 11.2. The van der Waals surface area contributed by atoms with Crippen LogP contribution >= 0.6 is 15.9 Å². The maximum absolute atomic E-state index is 11.7. The van der Waals surface area contributed by atoms with Crippen molar-refractivity contribution in [1.82, 2.24) is 20.2 Å². The van der Waals surface area contributed by atoms with E-state index in [2.05, 4.69) is 41.4 Å². The predicted octanol–water partition coefficient (Wildman–Crippen LogP) is 3.56. The number of nitrogens with one attached hydrogen (secondary N) is 2. The lowest BCUT2D eigenvalue weighted by Gasteiger charge is -2.10. The Balaban J connectivity index is 1.84. The topological polar surface area (TPSA) is 102 Å². The van der Waals surface area contributed by atoms with Gasteiger partial charge in [0.15, 0.2) is 0 Å². The van der Waals surface area contributed by atoms with Crippen LogP contribution in [0.3, 0.4) is 0 Å². The van der Waals surface area contributed by atoms with E-state index in [-0.39, 0.29) is 5.69 Å². The van der Waals surface area contributed by atoms with Crippen molar-refractivity contribution in [2.45, 2.75) is 6.92 Å². The van der Waals surface area contributed by atoms with Gasteiger partial charge in [0.25, 0.3) is 0 Å². The molecule has 26 heavy (non-hydrogen) atoms. The van der Waals surface area contributed by atoms with Crippen LogP contribution in [0.4, 0.5) is 11.6 Å². The summed E-state index contributed by atoms with van der Waals surface area (Å²) in [6.45, 7) is 2.04. The lowest BCUT2D eigenvalue weighted by Crippen LogP contribution is -2.04. The number of carbonyl (C=O) groups excluding carboxylic acids is 1. The average molecular weight is 418 g/mol. The smallest absolute Gasteiger partial charge is 0.356 e. The molecular weight excluding hydrogens is 402 g/mol. The summed E-state index contributed by atoms with van der Waals surface area (Å²) in [6.07, 6.45) is 1.61. The molecule has 0 bridgehead atoms. The fourth-order valence-electron chi connectivity index (χ4n) is 2.22. The number of rotatable bonds is 6. The minimum atomic E-state index is -0.460. The molecule has 0 saturated carbocycles. The zero-order valence-corrected chi connectivity index (χ0v) is 15.7. The van der Waals surface area contributed by atoms with Gasteiger partial charge in [-0.15, -0.1) is 0 Å². The Morgan fingerprint density at radius 3 is 2.88 bits per heavy atom. The maximum atomic E-state index is 11.7. The van der Waals surface area contributed by atoms with Gasteiger partial charge in [0.05, 0.1) is 25.1 Å². The molecule has 0 amide bonds. The number of benzene rings is 1. The fraction of sp³-hybridized carbons (Fsp3) is 0.176. The summed E-state index contributed by atoms with van der Waals surface area (Å²) in [5.41, 5.74) is 2.07. The van der Waals surface area contributed by atoms with Crippen LogP contribution in [-0.2, 0) is 4.74 Å². The molecule has 3 rings (SSSR count). The lowest BCUT2D eigenvalue weighted by molar-refractivity contribution is 0.0519. The SMILES string of the molecule is CCOC(=O)c1cc(-c2ccnc(Nc3ccc(Br)cc3OC)n2)n[nH]1. The molecule has 0 radical (unpaired) electrons. The summed E-state index contributed by atoms with van der Waals surface area (Å²) in [5, 5.41) is 9.87. The molecule has 0 aliphatic heterocycles. The summed E-state index contributed by atoms with van der Waals surface area (Å²) >= 11 is 3.40. The standard InChI is InChI=1S/C17H16BrN5O3/c1-3-26-16(24)14-9-13(22-23-14)11-6-7-19-17(20-11)21-12-5-4-10(18)8-15(12)25-2/h4-9H,3H2,1-2H3,(H,22,23)(H,19,20,21). The summed E-state index contributed by atoms with van der Waals surface area (Å²) in [6, 6.07) is 8.87. The second-order valence-corrected chi connectivity index (χ2v) is 6.04. The van der Waals surface area contributed by atoms with Gasteiger partial charge in [-0.3, -0.25) is 5.10 Å². The zero-order chi connectivity index (χ0) is 18.5. The number of halogens is 1. The molecule has 8 nitrogen and oxygen atoms in total. The number of aromatic amines is 1. The summed E-state index contributed by atoms with van der Waals surface area (Å²) in [4.78, 5) is 20.4. The van der Waals surface area contributed by atoms with Crippen LogP contribution in [0.1, 0.15) is 17.4 Å². The Morgan fingerprint density at radius 1 is 1.27 bits per heavy atom. The third kappa shape index (κ3) is 3.99. The lowest BCUT2D eigenvalue weighted by atomic mass is 10.2. The third-order valence-electron chi connectivity index (χ3n) is 3.40. The zero-order valence-electron chi connectivity index (χ0n) is 14.1. The Morgan fingerprint density at radius 2 is 2.12 bits per heavy atom. The van der Waals surface area contributed by atoms with Crippen LogP contribution in [0.25, 0.3) is 11.4 Å². The molecule has 0 aliphatic carbocycles. The van der Waals surface area contributed by atoms with Crippen molar-refractivity contribution in [2.24, 2.45) is 0 Å². The number of anilines is 2. The van der Waals surface area contributed by atoms with Crippen molar-refractivity contribution in [3.05, 3.63) is 46.7 Å². The van der Waals surface area contributed by atoms with Gasteiger partial charge < -0.3 is 14.8 Å². The Labute approximate surface area is 158 Å². The number of esters is 1. The highest BCUT2D eigenvalue weighted by Gasteiger charge is 2.13. The number of hydrogen-bond donors (Lipinski definition) is 2. The van der Waals surface area contributed by atoms with Gasteiger partial charge >= 0.3 is 5.97 Å². The molecule has 134 valence electrons. The molecule has 3 aromatic rings. The highest BCUT2D eigenvalue weighted by molar-refractivity contribution is 9.10. The van der Waals surface area contributed by atoms with Crippen LogP contribution in [0.15, 0.2) is 41.0 Å². The molecule has 2 aromatic heterocycles. The number of methoxy groups -OCH3 is 1. The highest BCUT2D eigenvalue weighted by atomic mass is 79.9. The first kappa shape index (κ1) is 17.9. The van der Waals surface area contributed by atoms with E-state index in [1.807, 2.05) is 18.2 Å². The number of aromatic nitrogens is 4. The molecule has 0 unspecified atom stereocenters. The van der Waals surface area contributed by atoms with E-state index in [4.69, 9.17) is 9.47 Å². The van der Waals surface area contributed by atoms with E-state index >= 15 is 0 Å². The molecule has 0 spiro atoms. The number of ether oxygens (including phenoxy) is 2. The third-order valence-corrected chi connectivity index (χ3v) is 3.89. The van der Waals surface area contributed by atoms with Gasteiger partial charge in [-0.2, -0.15) is 5.10 Å². The van der Waals surface area contributed by atoms with E-state index in [1.165, 1.54) is 0 Å². The molecule has 1 aromatic carbocycles. The first-order valence-corrected chi connectivity index (χ1v) is 8.56. The Hall–Kier alpha value is -2.94. The van der Waals surface area contributed by atoms with Gasteiger partial charge in [0.1, 0.15) is 17.1 Å². The second-order valence-electron chi connectivity index (χ2n) is 5.12. The van der Waals surface area contributed by atoms with E-state index in [9.17, 15) is 4.79 Å². The quantitative estimate of drug-likeness (QED) is 0.591. The number of nitrogens with zero attached hydrogens (tertiary/aromatic N) is 3. The average Bonchev–Trinajstić information content (AvgIpc) is 3.14. The normalized spacial score (nSPS) is 10.4. The number of carbonyl (C=O) groups is 1. The molecular formula is C17H16BrN5O3. The van der Waals surface area contributed by atoms with Crippen LogP contribution in [-0.4, -0.2) is 39.9 Å². The highest BCUT2D eigenvalue weighted by Crippen LogP contribution is 2.30. The van der Waals surface area contributed by atoms with Crippen molar-refractivity contribution in [1.29, 1.82) is 0 Å². The van der Waals surface area contributed by atoms with E-state index in [0.29, 0.717) is 29.7 Å². The van der Waals surface area contributed by atoms with E-state index in [0.717, 1.165) is 10.2 Å². The maximum Gasteiger partial charge on any atom is 0.356 e. The molecule has 0 aliphatic rings. The first-order chi connectivity index (χ1) is 12.6. The molecule has 0 atom stereocenters. The molecule has 0 fully saturated rings. The minimum absolute atomic E-state index is 0.268. The number of hydrogen-bond acceptors (Lipinski definition) is 7. The van der Waals surface area contributed by atoms with Crippen LogP contribution in [0.2, 0.25) is 0 Å². The minimum Gasteiger partial charge on any atom is -0.495 e. The van der Waals surface area contributed by atoms with E-state index in [1.54, 1.807) is 32.4 Å². The van der Waals surface area contributed by atoms with E-state index < -0.39 is 5.97 Å². The first-order valence-electron chi connectivity index (χ1n) is 7.77. The summed E-state index contributed by atoms with van der Waals surface area (Å²) in [5.74, 6) is 0.569. The second kappa shape index (κ2) is 7.96. The van der Waals surface area contributed by atoms with Gasteiger partial charge in [-0.1, -0.05) is 15.9 Å². The largest absolute Gasteiger partial charge is 0.495 e. The monoisotopic (exact) mass is 417 g/mol. The van der Waals surface area contributed by atoms with Gasteiger partial charge in [-0.05, 0) is 31.2 Å². The molecule has 2 N–H and O–H groups in total. The predicted molar refractivity (Wildman–Crippen MR) is 99.5 cm³/mol. The molecule has 2 heterocycles. The van der Waals surface area contributed by atoms with Crippen molar-refractivity contribution in [2.75, 3.05) is 19.0 Å². The molecule has 9 heteroatoms.